The van der Waals surface area contributed by atoms with E-state index in [9.17, 15) is 14.2 Å². The number of rotatable bonds is 8. The molecule has 0 aliphatic carbocycles. The van der Waals surface area contributed by atoms with Crippen LogP contribution in [0.4, 0.5) is 0 Å². The summed E-state index contributed by atoms with van der Waals surface area (Å²) in [7, 11) is -2.74. The molecule has 0 aromatic heterocycles. The van der Waals surface area contributed by atoms with Crippen LogP contribution >= 0.6 is 8.25 Å². The van der Waals surface area contributed by atoms with Crippen molar-refractivity contribution in [1.82, 2.24) is 0 Å². The van der Waals surface area contributed by atoms with Crippen LogP contribution in [-0.2, 0) is 23.2 Å². The summed E-state index contributed by atoms with van der Waals surface area (Å²) in [4.78, 5) is 22.2. The Balaban J connectivity index is 3.76. The third kappa shape index (κ3) is 6.88. The monoisotopic (exact) mass is 250 g/mol. The van der Waals surface area contributed by atoms with Crippen molar-refractivity contribution in [1.29, 1.82) is 0 Å². The Bertz CT molecular complexity index is 246. The first kappa shape index (κ1) is 15.5. The average molecular weight is 250 g/mol. The number of carbonyl (C=O) groups excluding carboxylic acids is 2. The zero-order valence-electron chi connectivity index (χ0n) is 10.1. The fourth-order valence-corrected chi connectivity index (χ4v) is 1.24. The molecule has 0 saturated heterocycles. The van der Waals surface area contributed by atoms with E-state index in [1.54, 1.807) is 27.7 Å². The van der Waals surface area contributed by atoms with Gasteiger partial charge in [0.05, 0.1) is 0 Å². The molecule has 0 amide bonds. The molecular formula is C10H19O5P. The maximum absolute atomic E-state index is 11.1. The van der Waals surface area contributed by atoms with Crippen molar-refractivity contribution in [2.45, 2.75) is 27.7 Å². The van der Waals surface area contributed by atoms with E-state index in [4.69, 9.17) is 9.05 Å². The van der Waals surface area contributed by atoms with Crippen molar-refractivity contribution in [3.8, 4) is 0 Å². The molecule has 5 nitrogen and oxygen atoms in total. The summed E-state index contributed by atoms with van der Waals surface area (Å²) in [5.41, 5.74) is 0. The minimum absolute atomic E-state index is 0.142. The lowest BCUT2D eigenvalue weighted by molar-refractivity contribution is -0.124. The van der Waals surface area contributed by atoms with Crippen LogP contribution in [0.1, 0.15) is 27.7 Å². The van der Waals surface area contributed by atoms with Gasteiger partial charge in [0.15, 0.2) is 11.6 Å². The van der Waals surface area contributed by atoms with Crippen LogP contribution in [-0.4, -0.2) is 24.8 Å². The van der Waals surface area contributed by atoms with Crippen LogP contribution in [0, 0.1) is 11.8 Å². The quantitative estimate of drug-likeness (QED) is 0.615. The van der Waals surface area contributed by atoms with E-state index < -0.39 is 8.25 Å². The summed E-state index contributed by atoms with van der Waals surface area (Å²) in [5, 5.41) is 0. The van der Waals surface area contributed by atoms with Crippen molar-refractivity contribution in [3.63, 3.8) is 0 Å². The number of hydrogen-bond acceptors (Lipinski definition) is 5. The van der Waals surface area contributed by atoms with Crippen molar-refractivity contribution in [2.24, 2.45) is 11.8 Å². The van der Waals surface area contributed by atoms with Gasteiger partial charge in [0.25, 0.3) is 0 Å². The molecule has 0 aromatic carbocycles. The van der Waals surface area contributed by atoms with Crippen molar-refractivity contribution in [3.05, 3.63) is 0 Å². The van der Waals surface area contributed by atoms with Crippen molar-refractivity contribution < 1.29 is 23.2 Å². The topological polar surface area (TPSA) is 69.7 Å². The van der Waals surface area contributed by atoms with Crippen molar-refractivity contribution >= 4 is 19.8 Å². The molecule has 0 fully saturated rings. The zero-order chi connectivity index (χ0) is 12.7. The molecular weight excluding hydrogens is 231 g/mol. The van der Waals surface area contributed by atoms with E-state index in [1.807, 2.05) is 0 Å². The standard InChI is InChI=1S/C10H19O5P/c1-7(2)9(11)5-14-16(13)15-6-10(12)8(3)4/h7-8,16H,5-6H2,1-4H3. The van der Waals surface area contributed by atoms with Gasteiger partial charge in [0, 0.05) is 11.8 Å². The van der Waals surface area contributed by atoms with E-state index in [0.29, 0.717) is 0 Å². The SMILES string of the molecule is CC(C)C(=O)CO[PH](=O)OCC(=O)C(C)C. The molecule has 0 saturated carbocycles. The lowest BCUT2D eigenvalue weighted by Gasteiger charge is -2.07. The molecule has 0 aromatic rings. The molecule has 0 heterocycles. The third-order valence-corrected chi connectivity index (χ3v) is 2.71. The highest BCUT2D eigenvalue weighted by Gasteiger charge is 2.12. The Morgan fingerprint density at radius 1 is 0.938 bits per heavy atom. The fraction of sp³-hybridized carbons (Fsp3) is 0.800. The summed E-state index contributed by atoms with van der Waals surface area (Å²) in [5.74, 6) is -0.603. The predicted molar refractivity (Wildman–Crippen MR) is 60.6 cm³/mol. The van der Waals surface area contributed by atoms with Crippen LogP contribution < -0.4 is 0 Å². The molecule has 0 bridgehead atoms. The summed E-state index contributed by atoms with van der Waals surface area (Å²) < 4.78 is 20.6. The van der Waals surface area contributed by atoms with Crippen molar-refractivity contribution in [2.75, 3.05) is 13.2 Å². The van der Waals surface area contributed by atoms with Crippen LogP contribution in [0.5, 0.6) is 0 Å². The van der Waals surface area contributed by atoms with E-state index in [1.165, 1.54) is 0 Å². The second-order valence-electron chi connectivity index (χ2n) is 4.07. The Morgan fingerprint density at radius 2 is 1.25 bits per heavy atom. The van der Waals surface area contributed by atoms with E-state index >= 15 is 0 Å². The normalized spacial score (nSPS) is 11.4. The summed E-state index contributed by atoms with van der Waals surface area (Å²) >= 11 is 0. The molecule has 0 aliphatic heterocycles. The molecule has 0 unspecified atom stereocenters. The van der Waals surface area contributed by atoms with Crippen LogP contribution in [0.3, 0.4) is 0 Å². The number of hydrogen-bond donors (Lipinski definition) is 0. The van der Waals surface area contributed by atoms with Gasteiger partial charge in [-0.1, -0.05) is 27.7 Å². The van der Waals surface area contributed by atoms with Gasteiger partial charge in [0.1, 0.15) is 13.2 Å². The highest BCUT2D eigenvalue weighted by molar-refractivity contribution is 7.33. The molecule has 0 radical (unpaired) electrons. The van der Waals surface area contributed by atoms with Gasteiger partial charge in [-0.3, -0.25) is 14.2 Å². The minimum Gasteiger partial charge on any atom is -0.303 e. The van der Waals surface area contributed by atoms with E-state index in [-0.39, 0.29) is 36.6 Å². The summed E-state index contributed by atoms with van der Waals surface area (Å²) in [6.07, 6.45) is 0. The van der Waals surface area contributed by atoms with Gasteiger partial charge >= 0.3 is 8.25 Å². The Kier molecular flexibility index (Phi) is 7.47. The first-order valence-electron chi connectivity index (χ1n) is 5.19. The molecule has 94 valence electrons. The lowest BCUT2D eigenvalue weighted by atomic mass is 10.1. The molecule has 0 N–H and O–H groups in total. The van der Waals surface area contributed by atoms with Gasteiger partial charge in [-0.15, -0.1) is 0 Å². The van der Waals surface area contributed by atoms with Gasteiger partial charge in [-0.25, -0.2) is 0 Å². The first-order valence-corrected chi connectivity index (χ1v) is 6.42. The van der Waals surface area contributed by atoms with Crippen LogP contribution in [0.15, 0.2) is 0 Å². The van der Waals surface area contributed by atoms with Gasteiger partial charge < -0.3 is 9.05 Å². The summed E-state index contributed by atoms with van der Waals surface area (Å²) in [6.45, 7) is 6.45. The lowest BCUT2D eigenvalue weighted by Crippen LogP contribution is -2.14. The van der Waals surface area contributed by atoms with Gasteiger partial charge in [-0.2, -0.15) is 0 Å². The van der Waals surface area contributed by atoms with Gasteiger partial charge in [0.2, 0.25) is 0 Å². The Morgan fingerprint density at radius 3 is 1.50 bits per heavy atom. The first-order chi connectivity index (χ1) is 7.34. The average Bonchev–Trinajstić information content (AvgIpc) is 2.21. The highest BCUT2D eigenvalue weighted by atomic mass is 31.1. The fourth-order valence-electron chi connectivity index (χ4n) is 0.635. The number of Topliss-reactive ketones (excluding diaryl/α,β-unsaturated/α-hetero) is 2. The molecule has 16 heavy (non-hydrogen) atoms. The second-order valence-corrected chi connectivity index (χ2v) is 5.15. The second kappa shape index (κ2) is 7.71. The predicted octanol–water partition coefficient (Wildman–Crippen LogP) is 1.86. The molecule has 0 spiro atoms. The third-order valence-electron chi connectivity index (χ3n) is 1.95. The maximum Gasteiger partial charge on any atom is 0.319 e. The maximum atomic E-state index is 11.1. The Labute approximate surface area is 96.5 Å². The number of carbonyl (C=O) groups is 2. The Hall–Kier alpha value is -0.510. The van der Waals surface area contributed by atoms with E-state index in [2.05, 4.69) is 0 Å². The minimum atomic E-state index is -2.74. The highest BCUT2D eigenvalue weighted by Crippen LogP contribution is 2.23. The molecule has 6 heteroatoms. The molecule has 0 rings (SSSR count). The molecule has 0 atom stereocenters. The zero-order valence-corrected chi connectivity index (χ0v) is 11.1. The molecule has 0 aliphatic rings. The summed E-state index contributed by atoms with van der Waals surface area (Å²) in [6, 6.07) is 0. The van der Waals surface area contributed by atoms with Crippen LogP contribution in [0.2, 0.25) is 0 Å². The number of ketones is 2. The van der Waals surface area contributed by atoms with E-state index in [0.717, 1.165) is 0 Å². The van der Waals surface area contributed by atoms with Crippen LogP contribution in [0.25, 0.3) is 0 Å². The van der Waals surface area contributed by atoms with Gasteiger partial charge in [-0.05, 0) is 0 Å². The largest absolute Gasteiger partial charge is 0.319 e. The smallest absolute Gasteiger partial charge is 0.303 e.